The minimum absolute atomic E-state index is 0.0359. The predicted molar refractivity (Wildman–Crippen MR) is 34.1 cm³/mol. The van der Waals surface area contributed by atoms with E-state index in [1.165, 1.54) is 0 Å². The highest BCUT2D eigenvalue weighted by molar-refractivity contribution is 4.99. The Morgan fingerprint density at radius 1 is 1.30 bits per heavy atom. The second-order valence-corrected chi connectivity index (χ2v) is 3.28. The van der Waals surface area contributed by atoms with Crippen molar-refractivity contribution in [2.75, 3.05) is 6.54 Å². The Morgan fingerprint density at radius 2 is 2.00 bits per heavy atom. The van der Waals surface area contributed by atoms with E-state index in [9.17, 15) is 8.78 Å². The minimum atomic E-state index is -2.42. The van der Waals surface area contributed by atoms with Gasteiger partial charge >= 0.3 is 0 Å². The van der Waals surface area contributed by atoms with Gasteiger partial charge in [0.2, 0.25) is 0 Å². The van der Waals surface area contributed by atoms with E-state index in [0.29, 0.717) is 6.54 Å². The topological polar surface area (TPSA) is 12.0 Å². The zero-order valence-electron chi connectivity index (χ0n) is 5.74. The Morgan fingerprint density at radius 3 is 2.40 bits per heavy atom. The fourth-order valence-corrected chi connectivity index (χ4v) is 1.64. The molecule has 0 aromatic carbocycles. The van der Waals surface area contributed by atoms with Crippen LogP contribution in [0.4, 0.5) is 8.78 Å². The second kappa shape index (κ2) is 1.91. The van der Waals surface area contributed by atoms with Gasteiger partial charge in [0, 0.05) is 13.0 Å². The van der Waals surface area contributed by atoms with E-state index in [4.69, 9.17) is 0 Å². The van der Waals surface area contributed by atoms with Crippen LogP contribution in [0.1, 0.15) is 19.3 Å². The third-order valence-electron chi connectivity index (χ3n) is 2.37. The summed E-state index contributed by atoms with van der Waals surface area (Å²) in [5, 5.41) is 2.86. The smallest absolute Gasteiger partial charge is 0.264 e. The molecule has 0 aromatic heterocycles. The summed E-state index contributed by atoms with van der Waals surface area (Å²) < 4.78 is 25.7. The fraction of sp³-hybridized carbons (Fsp3) is 1.00. The van der Waals surface area contributed by atoms with Crippen molar-refractivity contribution in [1.82, 2.24) is 5.32 Å². The van der Waals surface area contributed by atoms with Crippen molar-refractivity contribution in [2.24, 2.45) is 5.92 Å². The number of alkyl halides is 2. The first-order chi connectivity index (χ1) is 4.70. The van der Waals surface area contributed by atoms with Crippen molar-refractivity contribution in [3.63, 3.8) is 0 Å². The number of hydrogen-bond acceptors (Lipinski definition) is 1. The van der Waals surface area contributed by atoms with Crippen LogP contribution in [0.15, 0.2) is 0 Å². The monoisotopic (exact) mass is 147 g/mol. The number of nitrogens with one attached hydrogen (secondary N) is 1. The normalized spacial score (nSPS) is 38.4. The quantitative estimate of drug-likeness (QED) is 0.591. The highest BCUT2D eigenvalue weighted by Crippen LogP contribution is 2.42. The predicted octanol–water partition coefficient (Wildman–Crippen LogP) is 1.39. The van der Waals surface area contributed by atoms with Crippen molar-refractivity contribution >= 4 is 0 Å². The first kappa shape index (κ1) is 6.53. The van der Waals surface area contributed by atoms with Crippen molar-refractivity contribution in [3.05, 3.63) is 0 Å². The molecule has 1 nitrogen and oxygen atoms in total. The zero-order chi connectivity index (χ0) is 7.19. The zero-order valence-corrected chi connectivity index (χ0v) is 5.74. The molecule has 0 spiro atoms. The molecule has 1 saturated carbocycles. The molecule has 1 heterocycles. The molecule has 1 aliphatic carbocycles. The van der Waals surface area contributed by atoms with Crippen molar-refractivity contribution in [3.8, 4) is 0 Å². The number of rotatable bonds is 1. The Balaban J connectivity index is 2.05. The van der Waals surface area contributed by atoms with Gasteiger partial charge in [0.25, 0.3) is 5.92 Å². The highest BCUT2D eigenvalue weighted by Gasteiger charge is 2.50. The Labute approximate surface area is 58.8 Å². The SMILES string of the molecule is FC1(F)CCNC1C1CC1. The lowest BCUT2D eigenvalue weighted by Crippen LogP contribution is -2.37. The Hall–Kier alpha value is -0.180. The largest absolute Gasteiger partial charge is 0.308 e. The first-order valence-electron chi connectivity index (χ1n) is 3.81. The van der Waals surface area contributed by atoms with E-state index in [1.807, 2.05) is 0 Å². The summed E-state index contributed by atoms with van der Waals surface area (Å²) in [5.41, 5.74) is 0. The van der Waals surface area contributed by atoms with Crippen LogP contribution in [-0.2, 0) is 0 Å². The van der Waals surface area contributed by atoms with E-state index in [1.54, 1.807) is 0 Å². The minimum Gasteiger partial charge on any atom is -0.308 e. The lowest BCUT2D eigenvalue weighted by molar-refractivity contribution is -0.0172. The van der Waals surface area contributed by atoms with Crippen LogP contribution < -0.4 is 5.32 Å². The highest BCUT2D eigenvalue weighted by atomic mass is 19.3. The summed E-state index contributed by atoms with van der Waals surface area (Å²) in [6.07, 6.45) is 2.02. The first-order valence-corrected chi connectivity index (χ1v) is 3.81. The van der Waals surface area contributed by atoms with E-state index < -0.39 is 12.0 Å². The van der Waals surface area contributed by atoms with Gasteiger partial charge in [0.1, 0.15) is 0 Å². The van der Waals surface area contributed by atoms with Gasteiger partial charge < -0.3 is 5.32 Å². The Kier molecular flexibility index (Phi) is 1.24. The average Bonchev–Trinajstić information content (AvgIpc) is 2.58. The molecule has 1 saturated heterocycles. The molecule has 0 aromatic rings. The molecular formula is C7H11F2N. The van der Waals surface area contributed by atoms with Gasteiger partial charge in [-0.15, -0.1) is 0 Å². The third kappa shape index (κ3) is 0.926. The molecule has 1 aliphatic heterocycles. The van der Waals surface area contributed by atoms with Gasteiger partial charge in [-0.2, -0.15) is 0 Å². The fourth-order valence-electron chi connectivity index (χ4n) is 1.64. The van der Waals surface area contributed by atoms with Crippen LogP contribution in [0.2, 0.25) is 0 Å². The van der Waals surface area contributed by atoms with Crippen LogP contribution in [-0.4, -0.2) is 18.5 Å². The summed E-state index contributed by atoms with van der Waals surface area (Å²) in [5.74, 6) is -2.14. The molecule has 2 fully saturated rings. The molecule has 2 aliphatic rings. The van der Waals surface area contributed by atoms with Gasteiger partial charge in [-0.1, -0.05) is 0 Å². The molecule has 0 amide bonds. The van der Waals surface area contributed by atoms with Gasteiger partial charge in [0.05, 0.1) is 6.04 Å². The maximum absolute atomic E-state index is 12.8. The van der Waals surface area contributed by atoms with E-state index in [-0.39, 0.29) is 12.3 Å². The van der Waals surface area contributed by atoms with Gasteiger partial charge in [-0.3, -0.25) is 0 Å². The lowest BCUT2D eigenvalue weighted by Gasteiger charge is -2.17. The van der Waals surface area contributed by atoms with E-state index in [2.05, 4.69) is 5.32 Å². The molecule has 10 heavy (non-hydrogen) atoms. The molecular weight excluding hydrogens is 136 g/mol. The summed E-state index contributed by atoms with van der Waals surface area (Å²) in [4.78, 5) is 0. The average molecular weight is 147 g/mol. The van der Waals surface area contributed by atoms with E-state index >= 15 is 0 Å². The molecule has 1 atom stereocenters. The molecule has 1 N–H and O–H groups in total. The summed E-state index contributed by atoms with van der Waals surface area (Å²) in [7, 11) is 0. The third-order valence-corrected chi connectivity index (χ3v) is 2.37. The van der Waals surface area contributed by atoms with Crippen molar-refractivity contribution in [1.29, 1.82) is 0 Å². The lowest BCUT2D eigenvalue weighted by atomic mass is 10.1. The molecule has 3 heteroatoms. The number of hydrogen-bond donors (Lipinski definition) is 1. The van der Waals surface area contributed by atoms with Gasteiger partial charge in [0.15, 0.2) is 0 Å². The van der Waals surface area contributed by atoms with Crippen LogP contribution in [0.3, 0.4) is 0 Å². The maximum Gasteiger partial charge on any atom is 0.264 e. The summed E-state index contributed by atoms with van der Waals surface area (Å²) in [6.45, 7) is 0.494. The maximum atomic E-state index is 12.8. The molecule has 2 rings (SSSR count). The van der Waals surface area contributed by atoms with Crippen LogP contribution in [0.25, 0.3) is 0 Å². The summed E-state index contributed by atoms with van der Waals surface area (Å²) >= 11 is 0. The molecule has 1 unspecified atom stereocenters. The van der Waals surface area contributed by atoms with Gasteiger partial charge in [-0.05, 0) is 18.8 Å². The Bertz CT molecular complexity index is 143. The van der Waals surface area contributed by atoms with Gasteiger partial charge in [-0.25, -0.2) is 8.78 Å². The van der Waals surface area contributed by atoms with Crippen molar-refractivity contribution in [2.45, 2.75) is 31.2 Å². The van der Waals surface area contributed by atoms with Crippen LogP contribution >= 0.6 is 0 Å². The van der Waals surface area contributed by atoms with Crippen LogP contribution in [0, 0.1) is 5.92 Å². The molecule has 0 radical (unpaired) electrons. The summed E-state index contributed by atoms with van der Waals surface area (Å²) in [6, 6.07) is -0.493. The van der Waals surface area contributed by atoms with E-state index in [0.717, 1.165) is 12.8 Å². The number of halogens is 2. The molecule has 0 bridgehead atoms. The molecule has 58 valence electrons. The standard InChI is InChI=1S/C7H11F2N/c8-7(9)3-4-10-6(7)5-1-2-5/h5-6,10H,1-4H2. The second-order valence-electron chi connectivity index (χ2n) is 3.28. The van der Waals surface area contributed by atoms with Crippen molar-refractivity contribution < 1.29 is 8.78 Å². The van der Waals surface area contributed by atoms with Crippen LogP contribution in [0.5, 0.6) is 0 Å².